The van der Waals surface area contributed by atoms with Crippen LogP contribution in [0.25, 0.3) is 0 Å². The summed E-state index contributed by atoms with van der Waals surface area (Å²) in [5.74, 6) is -0.155. The van der Waals surface area contributed by atoms with Crippen LogP contribution in [0.3, 0.4) is 0 Å². The van der Waals surface area contributed by atoms with E-state index in [1.165, 1.54) is 12.1 Å². The average Bonchev–Trinajstić information content (AvgIpc) is 2.26. The molecule has 0 unspecified atom stereocenters. The van der Waals surface area contributed by atoms with E-state index in [2.05, 4.69) is 5.32 Å². The third-order valence-corrected chi connectivity index (χ3v) is 3.21. The molecule has 0 heterocycles. The number of nitro benzene ring substituents is 1. The van der Waals surface area contributed by atoms with Gasteiger partial charge in [0.1, 0.15) is 5.02 Å². The van der Waals surface area contributed by atoms with Gasteiger partial charge in [-0.05, 0) is 30.3 Å². The van der Waals surface area contributed by atoms with E-state index in [9.17, 15) is 23.3 Å². The van der Waals surface area contributed by atoms with Gasteiger partial charge in [-0.25, -0.2) is 0 Å². The summed E-state index contributed by atoms with van der Waals surface area (Å²) in [6, 6.07) is 2.62. The molecule has 0 saturated heterocycles. The minimum atomic E-state index is -4.26. The van der Waals surface area contributed by atoms with Crippen LogP contribution in [-0.2, 0) is 0 Å². The molecule has 0 aliphatic carbocycles. The second-order valence-electron chi connectivity index (χ2n) is 3.60. The van der Waals surface area contributed by atoms with Gasteiger partial charge in [0.25, 0.3) is 5.69 Å². The number of aryl methyl sites for hydroxylation is 1. The van der Waals surface area contributed by atoms with Gasteiger partial charge in [0.2, 0.25) is 0 Å². The van der Waals surface area contributed by atoms with Gasteiger partial charge in [-0.3, -0.25) is 10.1 Å². The Morgan fingerprint density at radius 1 is 1.47 bits per heavy atom. The van der Waals surface area contributed by atoms with Crippen molar-refractivity contribution in [3.63, 3.8) is 0 Å². The molecular formula is C10H10ClF3N2O2S. The average molecular weight is 315 g/mol. The summed E-state index contributed by atoms with van der Waals surface area (Å²) in [6.07, 6.45) is 0. The molecule has 0 atom stereocenters. The Kier molecular flexibility index (Phi) is 5.30. The Labute approximate surface area is 116 Å². The van der Waals surface area contributed by atoms with E-state index in [-0.39, 0.29) is 34.8 Å². The van der Waals surface area contributed by atoms with Gasteiger partial charge in [0.05, 0.1) is 4.92 Å². The van der Waals surface area contributed by atoms with Crippen molar-refractivity contribution in [3.05, 3.63) is 32.8 Å². The van der Waals surface area contributed by atoms with Crippen LogP contribution in [0.4, 0.5) is 24.5 Å². The number of hydrogen-bond acceptors (Lipinski definition) is 4. The zero-order valence-electron chi connectivity index (χ0n) is 9.75. The fourth-order valence-corrected chi connectivity index (χ4v) is 2.02. The van der Waals surface area contributed by atoms with Gasteiger partial charge in [-0.1, -0.05) is 11.6 Å². The Bertz CT molecular complexity index is 483. The second kappa shape index (κ2) is 6.33. The van der Waals surface area contributed by atoms with Crippen LogP contribution in [0, 0.1) is 17.0 Å². The zero-order valence-corrected chi connectivity index (χ0v) is 11.3. The van der Waals surface area contributed by atoms with Crippen molar-refractivity contribution in [2.75, 3.05) is 17.6 Å². The molecule has 106 valence electrons. The first-order valence-corrected chi connectivity index (χ1v) is 6.46. The predicted molar refractivity (Wildman–Crippen MR) is 69.8 cm³/mol. The van der Waals surface area contributed by atoms with Crippen molar-refractivity contribution in [2.45, 2.75) is 12.4 Å². The first-order chi connectivity index (χ1) is 8.70. The summed E-state index contributed by atoms with van der Waals surface area (Å²) in [7, 11) is 0. The topological polar surface area (TPSA) is 55.2 Å². The van der Waals surface area contributed by atoms with Crippen LogP contribution >= 0.6 is 23.4 Å². The highest BCUT2D eigenvalue weighted by molar-refractivity contribution is 8.00. The fraction of sp³-hybridized carbons (Fsp3) is 0.400. The lowest BCUT2D eigenvalue weighted by Crippen LogP contribution is -2.10. The number of nitrogens with zero attached hydrogens (tertiary/aromatic N) is 1. The quantitative estimate of drug-likeness (QED) is 0.502. The van der Waals surface area contributed by atoms with Crippen LogP contribution in [0.2, 0.25) is 5.02 Å². The van der Waals surface area contributed by atoms with E-state index in [0.717, 1.165) is 0 Å². The number of nitrogens with one attached hydrogen (secondary N) is 1. The highest BCUT2D eigenvalue weighted by atomic mass is 35.5. The van der Waals surface area contributed by atoms with Crippen molar-refractivity contribution < 1.29 is 18.1 Å². The van der Waals surface area contributed by atoms with Gasteiger partial charge in [0, 0.05) is 24.1 Å². The third kappa shape index (κ3) is 5.15. The summed E-state index contributed by atoms with van der Waals surface area (Å²) in [5, 5.41) is 13.3. The van der Waals surface area contributed by atoms with E-state index in [1.807, 2.05) is 0 Å². The Morgan fingerprint density at radius 3 is 2.63 bits per heavy atom. The fourth-order valence-electron chi connectivity index (χ4n) is 1.35. The summed E-state index contributed by atoms with van der Waals surface area (Å²) in [6.45, 7) is 1.70. The van der Waals surface area contributed by atoms with Gasteiger partial charge in [0.15, 0.2) is 0 Å². The van der Waals surface area contributed by atoms with Crippen molar-refractivity contribution in [1.29, 1.82) is 0 Å². The molecule has 0 fully saturated rings. The molecule has 0 aliphatic rings. The van der Waals surface area contributed by atoms with Crippen LogP contribution in [-0.4, -0.2) is 22.7 Å². The predicted octanol–water partition coefficient (Wildman–Crippen LogP) is 4.22. The molecule has 0 aliphatic heterocycles. The SMILES string of the molecule is Cc1cc([N+](=O)[O-])c(Cl)cc1NCCSC(F)(F)F. The van der Waals surface area contributed by atoms with E-state index in [1.54, 1.807) is 6.92 Å². The number of benzene rings is 1. The first kappa shape index (κ1) is 15.9. The molecule has 0 spiro atoms. The minimum absolute atomic E-state index is 0.0541. The van der Waals surface area contributed by atoms with Gasteiger partial charge in [-0.15, -0.1) is 0 Å². The highest BCUT2D eigenvalue weighted by Crippen LogP contribution is 2.32. The molecule has 9 heteroatoms. The van der Waals surface area contributed by atoms with Crippen LogP contribution in [0.5, 0.6) is 0 Å². The molecular weight excluding hydrogens is 305 g/mol. The zero-order chi connectivity index (χ0) is 14.6. The number of thioether (sulfide) groups is 1. The van der Waals surface area contributed by atoms with Crippen molar-refractivity contribution in [1.82, 2.24) is 0 Å². The molecule has 1 rings (SSSR count). The second-order valence-corrected chi connectivity index (χ2v) is 5.16. The Balaban J connectivity index is 2.65. The first-order valence-electron chi connectivity index (χ1n) is 5.10. The molecule has 0 amide bonds. The minimum Gasteiger partial charge on any atom is -0.384 e. The lowest BCUT2D eigenvalue weighted by Gasteiger charge is -2.11. The Morgan fingerprint density at radius 2 is 2.11 bits per heavy atom. The monoisotopic (exact) mass is 314 g/mol. The van der Waals surface area contributed by atoms with E-state index >= 15 is 0 Å². The number of hydrogen-bond donors (Lipinski definition) is 1. The largest absolute Gasteiger partial charge is 0.441 e. The Hall–Kier alpha value is -1.15. The molecule has 1 aromatic rings. The summed E-state index contributed by atoms with van der Waals surface area (Å²) < 4.78 is 35.7. The van der Waals surface area contributed by atoms with Crippen LogP contribution in [0.15, 0.2) is 12.1 Å². The van der Waals surface area contributed by atoms with Crippen molar-refractivity contribution in [2.24, 2.45) is 0 Å². The molecule has 19 heavy (non-hydrogen) atoms. The summed E-state index contributed by atoms with van der Waals surface area (Å²) >= 11 is 5.58. The van der Waals surface area contributed by atoms with Gasteiger partial charge in [-0.2, -0.15) is 13.2 Å². The van der Waals surface area contributed by atoms with Gasteiger partial charge >= 0.3 is 5.51 Å². The van der Waals surface area contributed by atoms with Crippen LogP contribution in [0.1, 0.15) is 5.56 Å². The smallest absolute Gasteiger partial charge is 0.384 e. The highest BCUT2D eigenvalue weighted by Gasteiger charge is 2.27. The molecule has 4 nitrogen and oxygen atoms in total. The molecule has 0 saturated carbocycles. The molecule has 1 N–H and O–H groups in total. The normalized spacial score (nSPS) is 11.4. The summed E-state index contributed by atoms with van der Waals surface area (Å²) in [4.78, 5) is 10.0. The van der Waals surface area contributed by atoms with Crippen molar-refractivity contribution >= 4 is 34.7 Å². The number of alkyl halides is 3. The molecule has 0 radical (unpaired) electrons. The number of halogens is 4. The maximum absolute atomic E-state index is 11.9. The molecule has 0 bridgehead atoms. The van der Waals surface area contributed by atoms with E-state index in [0.29, 0.717) is 11.3 Å². The van der Waals surface area contributed by atoms with E-state index < -0.39 is 10.4 Å². The lowest BCUT2D eigenvalue weighted by molar-refractivity contribution is -0.384. The maximum atomic E-state index is 11.9. The van der Waals surface area contributed by atoms with E-state index in [4.69, 9.17) is 11.6 Å². The third-order valence-electron chi connectivity index (χ3n) is 2.17. The number of anilines is 1. The van der Waals surface area contributed by atoms with Crippen LogP contribution < -0.4 is 5.32 Å². The molecule has 0 aromatic heterocycles. The maximum Gasteiger partial charge on any atom is 0.441 e. The van der Waals surface area contributed by atoms with Crippen molar-refractivity contribution in [3.8, 4) is 0 Å². The number of rotatable bonds is 5. The summed E-state index contributed by atoms with van der Waals surface area (Å²) in [5.41, 5.74) is -3.45. The number of nitro groups is 1. The molecule has 1 aromatic carbocycles. The lowest BCUT2D eigenvalue weighted by atomic mass is 10.2. The standard InChI is InChI=1S/C10H10ClF3N2O2S/c1-6-4-9(16(17)18)7(11)5-8(6)15-2-3-19-10(12,13)14/h4-5,15H,2-3H2,1H3. The van der Waals surface area contributed by atoms with Gasteiger partial charge < -0.3 is 5.32 Å².